The predicted octanol–water partition coefficient (Wildman–Crippen LogP) is 3.72. The maximum atomic E-state index is 13.8. The first-order chi connectivity index (χ1) is 9.26. The van der Waals surface area contributed by atoms with Gasteiger partial charge >= 0.3 is 0 Å². The molecule has 3 nitrogen and oxygen atoms in total. The Kier molecular flexibility index (Phi) is 4.34. The summed E-state index contributed by atoms with van der Waals surface area (Å²) < 4.78 is 19.4. The summed E-state index contributed by atoms with van der Waals surface area (Å²) in [5.74, 6) is 0.361. The number of pyridine rings is 1. The van der Waals surface area contributed by atoms with Crippen molar-refractivity contribution in [2.75, 3.05) is 18.5 Å². The Morgan fingerprint density at radius 1 is 1.21 bits per heavy atom. The second kappa shape index (κ2) is 6.18. The van der Waals surface area contributed by atoms with Gasteiger partial charge in [-0.15, -0.1) is 0 Å². The van der Waals surface area contributed by atoms with E-state index in [9.17, 15) is 4.39 Å². The zero-order valence-corrected chi connectivity index (χ0v) is 11.1. The second-order valence-electron chi connectivity index (χ2n) is 4.03. The zero-order valence-electron chi connectivity index (χ0n) is 11.1. The van der Waals surface area contributed by atoms with Gasteiger partial charge in [0.2, 0.25) is 0 Å². The Bertz CT molecular complexity index is 558. The molecule has 0 aliphatic carbocycles. The van der Waals surface area contributed by atoms with E-state index in [4.69, 9.17) is 4.74 Å². The van der Waals surface area contributed by atoms with Crippen LogP contribution in [0.2, 0.25) is 0 Å². The Labute approximate surface area is 112 Å². The van der Waals surface area contributed by atoms with Gasteiger partial charge in [0, 0.05) is 41.8 Å². The van der Waals surface area contributed by atoms with E-state index in [1.165, 1.54) is 18.5 Å². The van der Waals surface area contributed by atoms with Crippen LogP contribution in [0.5, 0.6) is 5.75 Å². The molecule has 0 saturated heterocycles. The summed E-state index contributed by atoms with van der Waals surface area (Å²) in [5, 5.41) is 3.21. The molecular formula is C15H17FN2O. The molecule has 0 amide bonds. The molecule has 1 heterocycles. The van der Waals surface area contributed by atoms with E-state index in [1.807, 2.05) is 32.0 Å². The molecular weight excluding hydrogens is 243 g/mol. The summed E-state index contributed by atoms with van der Waals surface area (Å²) in [5.41, 5.74) is 2.13. The van der Waals surface area contributed by atoms with Crippen LogP contribution in [0.15, 0.2) is 36.7 Å². The molecule has 100 valence electrons. The summed E-state index contributed by atoms with van der Waals surface area (Å²) in [6, 6.07) is 6.99. The van der Waals surface area contributed by atoms with Crippen LogP contribution in [0.4, 0.5) is 10.1 Å². The monoisotopic (exact) mass is 260 g/mol. The largest absolute Gasteiger partial charge is 0.493 e. The molecule has 0 aliphatic heterocycles. The van der Waals surface area contributed by atoms with Gasteiger partial charge in [0.25, 0.3) is 0 Å². The Balaban J connectivity index is 2.47. The lowest BCUT2D eigenvalue weighted by molar-refractivity contribution is 0.341. The topological polar surface area (TPSA) is 34.2 Å². The molecule has 4 heteroatoms. The number of halogens is 1. The number of rotatable bonds is 5. The molecule has 0 bridgehead atoms. The van der Waals surface area contributed by atoms with Gasteiger partial charge in [-0.05, 0) is 32.0 Å². The lowest BCUT2D eigenvalue weighted by atomic mass is 10.1. The minimum Gasteiger partial charge on any atom is -0.493 e. The molecule has 2 rings (SSSR count). The van der Waals surface area contributed by atoms with Crippen molar-refractivity contribution >= 4 is 5.69 Å². The standard InChI is InChI=1S/C15H17FN2O/c1-3-18-11-5-6-12(15(9-11)19-4-2)13-10-17-8-7-14(13)16/h5-10,18H,3-4H2,1-2H3. The maximum Gasteiger partial charge on any atom is 0.134 e. The molecule has 2 aromatic rings. The number of hydrogen-bond donors (Lipinski definition) is 1. The molecule has 0 atom stereocenters. The summed E-state index contributed by atoms with van der Waals surface area (Å²) in [7, 11) is 0. The fraction of sp³-hybridized carbons (Fsp3) is 0.267. The minimum absolute atomic E-state index is 0.299. The van der Waals surface area contributed by atoms with E-state index < -0.39 is 0 Å². The van der Waals surface area contributed by atoms with E-state index in [2.05, 4.69) is 10.3 Å². The van der Waals surface area contributed by atoms with Crippen LogP contribution >= 0.6 is 0 Å². The number of nitrogens with one attached hydrogen (secondary N) is 1. The highest BCUT2D eigenvalue weighted by molar-refractivity contribution is 5.73. The number of nitrogens with zero attached hydrogens (tertiary/aromatic N) is 1. The summed E-state index contributed by atoms with van der Waals surface area (Å²) in [6.45, 7) is 5.29. The zero-order chi connectivity index (χ0) is 13.7. The highest BCUT2D eigenvalue weighted by atomic mass is 19.1. The molecule has 0 unspecified atom stereocenters. The van der Waals surface area contributed by atoms with E-state index in [0.717, 1.165) is 12.2 Å². The van der Waals surface area contributed by atoms with E-state index in [0.29, 0.717) is 23.5 Å². The van der Waals surface area contributed by atoms with Gasteiger partial charge < -0.3 is 10.1 Å². The minimum atomic E-state index is -0.299. The fourth-order valence-electron chi connectivity index (χ4n) is 1.91. The van der Waals surface area contributed by atoms with Gasteiger partial charge in [0.05, 0.1) is 6.61 Å². The number of anilines is 1. The third-order valence-corrected chi connectivity index (χ3v) is 2.72. The van der Waals surface area contributed by atoms with Crippen LogP contribution in [0.1, 0.15) is 13.8 Å². The van der Waals surface area contributed by atoms with Crippen LogP contribution < -0.4 is 10.1 Å². The van der Waals surface area contributed by atoms with Gasteiger partial charge in [-0.2, -0.15) is 0 Å². The maximum absolute atomic E-state index is 13.8. The van der Waals surface area contributed by atoms with E-state index in [-0.39, 0.29) is 5.82 Å². The van der Waals surface area contributed by atoms with Crippen molar-refractivity contribution in [1.29, 1.82) is 0 Å². The van der Waals surface area contributed by atoms with Crippen LogP contribution in [0, 0.1) is 5.82 Å². The number of hydrogen-bond acceptors (Lipinski definition) is 3. The highest BCUT2D eigenvalue weighted by Gasteiger charge is 2.11. The van der Waals surface area contributed by atoms with Crippen molar-refractivity contribution in [3.05, 3.63) is 42.5 Å². The van der Waals surface area contributed by atoms with Crippen molar-refractivity contribution in [2.24, 2.45) is 0 Å². The normalized spacial score (nSPS) is 10.3. The predicted molar refractivity (Wildman–Crippen MR) is 75.0 cm³/mol. The molecule has 0 spiro atoms. The fourth-order valence-corrected chi connectivity index (χ4v) is 1.91. The number of ether oxygens (including phenoxy) is 1. The lowest BCUT2D eigenvalue weighted by Crippen LogP contribution is -2.00. The molecule has 1 aromatic heterocycles. The Morgan fingerprint density at radius 2 is 2.05 bits per heavy atom. The van der Waals surface area contributed by atoms with Crippen LogP contribution in [0.3, 0.4) is 0 Å². The van der Waals surface area contributed by atoms with Crippen LogP contribution in [-0.4, -0.2) is 18.1 Å². The van der Waals surface area contributed by atoms with Crippen molar-refractivity contribution < 1.29 is 9.13 Å². The summed E-state index contributed by atoms with van der Waals surface area (Å²) >= 11 is 0. The Hall–Kier alpha value is -2.10. The van der Waals surface area contributed by atoms with Crippen LogP contribution in [-0.2, 0) is 0 Å². The van der Waals surface area contributed by atoms with Crippen molar-refractivity contribution in [3.63, 3.8) is 0 Å². The first kappa shape index (κ1) is 13.3. The highest BCUT2D eigenvalue weighted by Crippen LogP contribution is 2.33. The van der Waals surface area contributed by atoms with E-state index >= 15 is 0 Å². The van der Waals surface area contributed by atoms with Gasteiger partial charge in [-0.25, -0.2) is 4.39 Å². The molecule has 19 heavy (non-hydrogen) atoms. The van der Waals surface area contributed by atoms with Gasteiger partial charge in [0.1, 0.15) is 11.6 Å². The number of benzene rings is 1. The quantitative estimate of drug-likeness (QED) is 0.889. The SMILES string of the molecule is CCNc1ccc(-c2cnccc2F)c(OCC)c1. The third kappa shape index (κ3) is 3.02. The van der Waals surface area contributed by atoms with Crippen molar-refractivity contribution in [3.8, 4) is 16.9 Å². The third-order valence-electron chi connectivity index (χ3n) is 2.72. The van der Waals surface area contributed by atoms with Gasteiger partial charge in [-0.1, -0.05) is 0 Å². The first-order valence-corrected chi connectivity index (χ1v) is 6.36. The van der Waals surface area contributed by atoms with Crippen molar-refractivity contribution in [1.82, 2.24) is 4.98 Å². The number of aromatic nitrogens is 1. The molecule has 1 aromatic carbocycles. The van der Waals surface area contributed by atoms with E-state index in [1.54, 1.807) is 0 Å². The van der Waals surface area contributed by atoms with Gasteiger partial charge in [0.15, 0.2) is 0 Å². The molecule has 0 radical (unpaired) electrons. The smallest absolute Gasteiger partial charge is 0.134 e. The Morgan fingerprint density at radius 3 is 2.74 bits per heavy atom. The molecule has 1 N–H and O–H groups in total. The molecule has 0 aliphatic rings. The lowest BCUT2D eigenvalue weighted by Gasteiger charge is -2.13. The van der Waals surface area contributed by atoms with Gasteiger partial charge in [-0.3, -0.25) is 4.98 Å². The van der Waals surface area contributed by atoms with Crippen molar-refractivity contribution in [2.45, 2.75) is 13.8 Å². The second-order valence-corrected chi connectivity index (χ2v) is 4.03. The molecule has 0 fully saturated rings. The average molecular weight is 260 g/mol. The summed E-state index contributed by atoms with van der Waals surface area (Å²) in [4.78, 5) is 3.97. The average Bonchev–Trinajstić information content (AvgIpc) is 2.41. The summed E-state index contributed by atoms with van der Waals surface area (Å²) in [6.07, 6.45) is 2.95. The molecule has 0 saturated carbocycles. The first-order valence-electron chi connectivity index (χ1n) is 6.36. The van der Waals surface area contributed by atoms with Crippen LogP contribution in [0.25, 0.3) is 11.1 Å².